The Morgan fingerprint density at radius 3 is 2.92 bits per heavy atom. The molecule has 0 saturated carbocycles. The van der Waals surface area contributed by atoms with Crippen LogP contribution in [0, 0.1) is 0 Å². The Hall–Kier alpha value is -0.800. The second kappa shape index (κ2) is 3.94. The van der Waals surface area contributed by atoms with E-state index in [4.69, 9.17) is 14.9 Å². The molecule has 3 heteroatoms. The number of ether oxygens (including phenoxy) is 1. The first-order chi connectivity index (χ1) is 6.40. The highest BCUT2D eigenvalue weighted by molar-refractivity contribution is 5.09. The number of hydrogen-bond acceptors (Lipinski definition) is 3. The van der Waals surface area contributed by atoms with E-state index in [-0.39, 0.29) is 6.10 Å². The molecule has 0 aliphatic carbocycles. The number of nitrogens with two attached hydrogens (primary N) is 1. The molecule has 0 aromatic carbocycles. The normalized spacial score (nSPS) is 23.3. The van der Waals surface area contributed by atoms with E-state index in [9.17, 15) is 0 Å². The van der Waals surface area contributed by atoms with Gasteiger partial charge in [0.05, 0.1) is 6.54 Å². The van der Waals surface area contributed by atoms with Gasteiger partial charge in [-0.25, -0.2) is 0 Å². The molecule has 2 heterocycles. The van der Waals surface area contributed by atoms with E-state index < -0.39 is 0 Å². The Morgan fingerprint density at radius 2 is 2.31 bits per heavy atom. The summed E-state index contributed by atoms with van der Waals surface area (Å²) < 4.78 is 11.1. The zero-order valence-electron chi connectivity index (χ0n) is 7.66. The molecule has 0 unspecified atom stereocenters. The number of furan rings is 1. The second-order valence-corrected chi connectivity index (χ2v) is 3.36. The molecule has 2 rings (SSSR count). The third kappa shape index (κ3) is 1.92. The highest BCUT2D eigenvalue weighted by Crippen LogP contribution is 2.28. The predicted molar refractivity (Wildman–Crippen MR) is 49.1 cm³/mol. The van der Waals surface area contributed by atoms with Crippen molar-refractivity contribution in [1.29, 1.82) is 0 Å². The van der Waals surface area contributed by atoms with E-state index in [0.29, 0.717) is 6.54 Å². The summed E-state index contributed by atoms with van der Waals surface area (Å²) >= 11 is 0. The first-order valence-electron chi connectivity index (χ1n) is 4.80. The summed E-state index contributed by atoms with van der Waals surface area (Å²) in [6.07, 6.45) is 3.62. The van der Waals surface area contributed by atoms with Crippen LogP contribution in [0.5, 0.6) is 0 Å². The molecule has 0 amide bonds. The monoisotopic (exact) mass is 181 g/mol. The van der Waals surface area contributed by atoms with Gasteiger partial charge in [-0.2, -0.15) is 0 Å². The first kappa shape index (κ1) is 8.78. The molecule has 1 aliphatic heterocycles. The SMILES string of the molecule is NCc1ccc([C@@H]2CCCCO2)o1. The lowest BCUT2D eigenvalue weighted by Gasteiger charge is -2.20. The fourth-order valence-electron chi connectivity index (χ4n) is 1.64. The van der Waals surface area contributed by atoms with Crippen molar-refractivity contribution in [3.63, 3.8) is 0 Å². The summed E-state index contributed by atoms with van der Waals surface area (Å²) in [6, 6.07) is 3.89. The molecule has 1 atom stereocenters. The Labute approximate surface area is 77.9 Å². The summed E-state index contributed by atoms with van der Waals surface area (Å²) in [5, 5.41) is 0. The van der Waals surface area contributed by atoms with Crippen LogP contribution >= 0.6 is 0 Å². The van der Waals surface area contributed by atoms with Crippen LogP contribution in [0.2, 0.25) is 0 Å². The minimum Gasteiger partial charge on any atom is -0.462 e. The molecule has 72 valence electrons. The quantitative estimate of drug-likeness (QED) is 0.758. The van der Waals surface area contributed by atoms with Gasteiger partial charge in [0.15, 0.2) is 0 Å². The smallest absolute Gasteiger partial charge is 0.133 e. The highest BCUT2D eigenvalue weighted by Gasteiger charge is 2.18. The molecular weight excluding hydrogens is 166 g/mol. The van der Waals surface area contributed by atoms with Gasteiger partial charge in [0.2, 0.25) is 0 Å². The highest BCUT2D eigenvalue weighted by atomic mass is 16.5. The largest absolute Gasteiger partial charge is 0.462 e. The van der Waals surface area contributed by atoms with Gasteiger partial charge in [-0.3, -0.25) is 0 Å². The Balaban J connectivity index is 2.05. The minimum absolute atomic E-state index is 0.161. The average Bonchev–Trinajstić information content (AvgIpc) is 2.67. The van der Waals surface area contributed by atoms with Gasteiger partial charge in [-0.1, -0.05) is 0 Å². The first-order valence-corrected chi connectivity index (χ1v) is 4.80. The minimum atomic E-state index is 0.161. The van der Waals surface area contributed by atoms with Gasteiger partial charge in [-0.05, 0) is 31.4 Å². The molecule has 1 fully saturated rings. The van der Waals surface area contributed by atoms with Gasteiger partial charge >= 0.3 is 0 Å². The van der Waals surface area contributed by atoms with Crippen molar-refractivity contribution in [1.82, 2.24) is 0 Å². The van der Waals surface area contributed by atoms with Crippen molar-refractivity contribution in [3.05, 3.63) is 23.7 Å². The van der Waals surface area contributed by atoms with Crippen LogP contribution in [-0.4, -0.2) is 6.61 Å². The fourth-order valence-corrected chi connectivity index (χ4v) is 1.64. The van der Waals surface area contributed by atoms with E-state index in [1.165, 1.54) is 12.8 Å². The third-order valence-corrected chi connectivity index (χ3v) is 2.38. The zero-order chi connectivity index (χ0) is 9.10. The van der Waals surface area contributed by atoms with E-state index in [2.05, 4.69) is 0 Å². The van der Waals surface area contributed by atoms with Crippen LogP contribution in [0.25, 0.3) is 0 Å². The van der Waals surface area contributed by atoms with Crippen molar-refractivity contribution in [2.24, 2.45) is 5.73 Å². The molecule has 3 nitrogen and oxygen atoms in total. The maximum Gasteiger partial charge on any atom is 0.133 e. The molecule has 0 radical (unpaired) electrons. The summed E-state index contributed by atoms with van der Waals surface area (Å²) in [7, 11) is 0. The number of rotatable bonds is 2. The summed E-state index contributed by atoms with van der Waals surface area (Å²) in [5.74, 6) is 1.77. The molecule has 1 aliphatic rings. The molecule has 1 aromatic heterocycles. The van der Waals surface area contributed by atoms with E-state index in [0.717, 1.165) is 24.5 Å². The fraction of sp³-hybridized carbons (Fsp3) is 0.600. The van der Waals surface area contributed by atoms with Crippen molar-refractivity contribution in [2.75, 3.05) is 6.61 Å². The maximum absolute atomic E-state index is 5.59. The molecular formula is C10H15NO2. The maximum atomic E-state index is 5.59. The van der Waals surface area contributed by atoms with Gasteiger partial charge in [-0.15, -0.1) is 0 Å². The van der Waals surface area contributed by atoms with Gasteiger partial charge < -0.3 is 14.9 Å². The van der Waals surface area contributed by atoms with Crippen LogP contribution < -0.4 is 5.73 Å². The van der Waals surface area contributed by atoms with Crippen LogP contribution in [0.3, 0.4) is 0 Å². The van der Waals surface area contributed by atoms with E-state index >= 15 is 0 Å². The standard InChI is InChI=1S/C10H15NO2/c11-7-8-4-5-10(13-8)9-3-1-2-6-12-9/h4-5,9H,1-3,6-7,11H2/t9-/m0/s1. The van der Waals surface area contributed by atoms with Crippen LogP contribution in [0.4, 0.5) is 0 Å². The zero-order valence-corrected chi connectivity index (χ0v) is 7.66. The van der Waals surface area contributed by atoms with Gasteiger partial charge in [0, 0.05) is 6.61 Å². The van der Waals surface area contributed by atoms with Crippen LogP contribution in [0.1, 0.15) is 36.9 Å². The second-order valence-electron chi connectivity index (χ2n) is 3.36. The summed E-state index contributed by atoms with van der Waals surface area (Å²) in [4.78, 5) is 0. The molecule has 1 saturated heterocycles. The average molecular weight is 181 g/mol. The van der Waals surface area contributed by atoms with Gasteiger partial charge in [0.25, 0.3) is 0 Å². The Bertz CT molecular complexity index is 264. The number of hydrogen-bond donors (Lipinski definition) is 1. The molecule has 0 bridgehead atoms. The molecule has 1 aromatic rings. The third-order valence-electron chi connectivity index (χ3n) is 2.38. The Morgan fingerprint density at radius 1 is 1.38 bits per heavy atom. The predicted octanol–water partition coefficient (Wildman–Crippen LogP) is 1.98. The van der Waals surface area contributed by atoms with Crippen molar-refractivity contribution >= 4 is 0 Å². The van der Waals surface area contributed by atoms with Crippen LogP contribution in [0.15, 0.2) is 16.5 Å². The molecule has 2 N–H and O–H groups in total. The summed E-state index contributed by atoms with van der Waals surface area (Å²) in [6.45, 7) is 1.32. The van der Waals surface area contributed by atoms with Crippen molar-refractivity contribution in [3.8, 4) is 0 Å². The van der Waals surface area contributed by atoms with Crippen molar-refractivity contribution < 1.29 is 9.15 Å². The lowest BCUT2D eigenvalue weighted by atomic mass is 10.1. The lowest BCUT2D eigenvalue weighted by molar-refractivity contribution is 0.00129. The van der Waals surface area contributed by atoms with E-state index in [1.54, 1.807) is 0 Å². The van der Waals surface area contributed by atoms with E-state index in [1.807, 2.05) is 12.1 Å². The van der Waals surface area contributed by atoms with Crippen LogP contribution in [-0.2, 0) is 11.3 Å². The Kier molecular flexibility index (Phi) is 2.66. The lowest BCUT2D eigenvalue weighted by Crippen LogP contribution is -2.10. The topological polar surface area (TPSA) is 48.4 Å². The molecule has 13 heavy (non-hydrogen) atoms. The summed E-state index contributed by atoms with van der Waals surface area (Å²) in [5.41, 5.74) is 5.46. The van der Waals surface area contributed by atoms with Crippen molar-refractivity contribution in [2.45, 2.75) is 31.9 Å². The molecule has 0 spiro atoms. The van der Waals surface area contributed by atoms with Gasteiger partial charge in [0.1, 0.15) is 17.6 Å².